The molecule has 1 fully saturated rings. The normalized spacial score (nSPS) is 19.3. The Bertz CT molecular complexity index is 1100. The molecule has 37 heavy (non-hydrogen) atoms. The number of amides is 2. The van der Waals surface area contributed by atoms with E-state index in [9.17, 15) is 19.5 Å². The maximum Gasteiger partial charge on any atom is 0.419 e. The molecule has 0 radical (unpaired) electrons. The molecule has 1 heterocycles. The number of benzene rings is 1. The highest BCUT2D eigenvalue weighted by Crippen LogP contribution is 2.56. The maximum atomic E-state index is 12.7. The van der Waals surface area contributed by atoms with Crippen LogP contribution in [0.15, 0.2) is 36.8 Å². The first-order valence-corrected chi connectivity index (χ1v) is 12.8. The van der Waals surface area contributed by atoms with Gasteiger partial charge < -0.3 is 19.1 Å². The van der Waals surface area contributed by atoms with Crippen LogP contribution in [0, 0.1) is 5.92 Å². The number of aromatic nitrogens is 2. The molecule has 9 nitrogen and oxygen atoms in total. The molecule has 3 rings (SSSR count). The fourth-order valence-corrected chi connectivity index (χ4v) is 4.35. The molecular weight excluding hydrogens is 474 g/mol. The van der Waals surface area contributed by atoms with Gasteiger partial charge in [-0.1, -0.05) is 19.1 Å². The number of imidazole rings is 1. The smallest absolute Gasteiger partial charge is 0.419 e. The number of aliphatic carboxylic acids is 1. The molecular formula is C28H39N3O6. The van der Waals surface area contributed by atoms with E-state index in [0.29, 0.717) is 25.0 Å². The molecule has 0 saturated heterocycles. The van der Waals surface area contributed by atoms with Crippen molar-refractivity contribution in [2.45, 2.75) is 90.8 Å². The summed E-state index contributed by atoms with van der Waals surface area (Å²) in [6, 6.07) is 8.07. The van der Waals surface area contributed by atoms with Crippen molar-refractivity contribution in [3.05, 3.63) is 48.0 Å². The Hall–Kier alpha value is -3.36. The summed E-state index contributed by atoms with van der Waals surface area (Å²) in [5, 5.41) is 10.1. The summed E-state index contributed by atoms with van der Waals surface area (Å²) in [6.07, 6.45) is 4.17. The molecule has 2 atom stereocenters. The first-order chi connectivity index (χ1) is 17.2. The average Bonchev–Trinajstić information content (AvgIpc) is 3.30. The third-order valence-corrected chi connectivity index (χ3v) is 6.33. The Labute approximate surface area is 218 Å². The molecule has 1 aliphatic rings. The predicted molar refractivity (Wildman–Crippen MR) is 139 cm³/mol. The number of carboxylic acid groups (broad SMARTS) is 1. The Morgan fingerprint density at radius 3 is 2.11 bits per heavy atom. The molecule has 0 bridgehead atoms. The van der Waals surface area contributed by atoms with Crippen LogP contribution in [0.3, 0.4) is 0 Å². The number of rotatable bonds is 8. The van der Waals surface area contributed by atoms with E-state index in [2.05, 4.69) is 11.9 Å². The summed E-state index contributed by atoms with van der Waals surface area (Å²) < 4.78 is 12.6. The SMILES string of the molecule is CCc1ccc(-n2cnc(C3(C(=O)O)CC3CCCN(C(=O)OC(C)(C)C)C(=O)OC(C)(C)C)c2)cc1. The largest absolute Gasteiger partial charge is 0.481 e. The van der Waals surface area contributed by atoms with Gasteiger partial charge in [-0.15, -0.1) is 0 Å². The van der Waals surface area contributed by atoms with Crippen molar-refractivity contribution in [1.82, 2.24) is 14.5 Å². The second kappa shape index (κ2) is 10.6. The monoisotopic (exact) mass is 513 g/mol. The van der Waals surface area contributed by atoms with Crippen molar-refractivity contribution in [2.75, 3.05) is 6.54 Å². The second-order valence-corrected chi connectivity index (χ2v) is 11.6. The lowest BCUT2D eigenvalue weighted by molar-refractivity contribution is -0.140. The number of nitrogens with zero attached hydrogens (tertiary/aromatic N) is 3. The van der Waals surface area contributed by atoms with Gasteiger partial charge in [-0.3, -0.25) is 4.79 Å². The number of carbonyl (C=O) groups is 3. The number of ether oxygens (including phenoxy) is 2. The molecule has 9 heteroatoms. The van der Waals surface area contributed by atoms with Crippen LogP contribution >= 0.6 is 0 Å². The van der Waals surface area contributed by atoms with Gasteiger partial charge in [0.1, 0.15) is 16.6 Å². The fraction of sp³-hybridized carbons (Fsp3) is 0.571. The predicted octanol–water partition coefficient (Wildman–Crippen LogP) is 5.73. The number of carboxylic acids is 1. The molecule has 2 amide bonds. The molecule has 1 aromatic carbocycles. The van der Waals surface area contributed by atoms with Gasteiger partial charge in [0.2, 0.25) is 0 Å². The number of imide groups is 1. The summed E-state index contributed by atoms with van der Waals surface area (Å²) in [4.78, 5) is 43.2. The van der Waals surface area contributed by atoms with Gasteiger partial charge in [-0.25, -0.2) is 19.5 Å². The van der Waals surface area contributed by atoms with Gasteiger partial charge in [0.25, 0.3) is 0 Å². The van der Waals surface area contributed by atoms with E-state index in [1.807, 2.05) is 28.8 Å². The van der Waals surface area contributed by atoms with E-state index in [1.54, 1.807) is 54.1 Å². The molecule has 1 aromatic heterocycles. The van der Waals surface area contributed by atoms with Crippen LogP contribution in [0.5, 0.6) is 0 Å². The van der Waals surface area contributed by atoms with Gasteiger partial charge in [0.15, 0.2) is 0 Å². The summed E-state index contributed by atoms with van der Waals surface area (Å²) >= 11 is 0. The van der Waals surface area contributed by atoms with Crippen molar-refractivity contribution >= 4 is 18.2 Å². The van der Waals surface area contributed by atoms with E-state index >= 15 is 0 Å². The van der Waals surface area contributed by atoms with E-state index in [4.69, 9.17) is 9.47 Å². The fourth-order valence-electron chi connectivity index (χ4n) is 4.35. The quantitative estimate of drug-likeness (QED) is 0.480. The van der Waals surface area contributed by atoms with Crippen molar-refractivity contribution in [1.29, 1.82) is 0 Å². The Balaban J connectivity index is 1.69. The molecule has 202 valence electrons. The van der Waals surface area contributed by atoms with Crippen molar-refractivity contribution in [2.24, 2.45) is 5.92 Å². The highest BCUT2D eigenvalue weighted by molar-refractivity contribution is 5.88. The zero-order valence-corrected chi connectivity index (χ0v) is 22.9. The zero-order chi connectivity index (χ0) is 27.6. The summed E-state index contributed by atoms with van der Waals surface area (Å²) in [5.41, 5.74) is 0.0289. The maximum absolute atomic E-state index is 12.7. The van der Waals surface area contributed by atoms with E-state index in [1.165, 1.54) is 5.56 Å². The van der Waals surface area contributed by atoms with Crippen LogP contribution in [0.25, 0.3) is 5.69 Å². The summed E-state index contributed by atoms with van der Waals surface area (Å²) in [6.45, 7) is 12.5. The van der Waals surface area contributed by atoms with Crippen molar-refractivity contribution in [3.8, 4) is 5.69 Å². The van der Waals surface area contributed by atoms with Gasteiger partial charge in [0, 0.05) is 18.4 Å². The molecule has 1 N–H and O–H groups in total. The molecule has 1 aliphatic carbocycles. The van der Waals surface area contributed by atoms with E-state index < -0.39 is 34.8 Å². The number of hydrogen-bond donors (Lipinski definition) is 1. The molecule has 2 unspecified atom stereocenters. The van der Waals surface area contributed by atoms with Gasteiger partial charge in [0.05, 0.1) is 12.0 Å². The standard InChI is InChI=1S/C28H39N3O6/c1-8-19-11-13-21(14-12-19)30-17-22(29-18-30)28(23(32)33)16-20(28)10-9-15-31(24(34)36-26(2,3)4)25(35)37-27(5,6)7/h11-14,17-18,20H,8-10,15-16H2,1-7H3,(H,32,33). The molecule has 0 aliphatic heterocycles. The minimum absolute atomic E-state index is 0.0637. The van der Waals surface area contributed by atoms with Crippen molar-refractivity contribution < 1.29 is 29.0 Å². The Morgan fingerprint density at radius 2 is 1.62 bits per heavy atom. The van der Waals surface area contributed by atoms with E-state index in [-0.39, 0.29) is 12.5 Å². The van der Waals surface area contributed by atoms with Crippen LogP contribution in [0.2, 0.25) is 0 Å². The zero-order valence-electron chi connectivity index (χ0n) is 22.9. The van der Waals surface area contributed by atoms with Gasteiger partial charge in [-0.05, 0) is 90.8 Å². The lowest BCUT2D eigenvalue weighted by Gasteiger charge is -2.28. The minimum atomic E-state index is -1.07. The van der Waals surface area contributed by atoms with E-state index in [0.717, 1.165) is 17.0 Å². The second-order valence-electron chi connectivity index (χ2n) is 11.6. The van der Waals surface area contributed by atoms with Crippen LogP contribution in [-0.4, -0.2) is 55.5 Å². The third kappa shape index (κ3) is 6.90. The summed E-state index contributed by atoms with van der Waals surface area (Å²) in [7, 11) is 0. The van der Waals surface area contributed by atoms with Gasteiger partial charge in [-0.2, -0.15) is 0 Å². The number of carbonyl (C=O) groups excluding carboxylic acids is 2. The van der Waals surface area contributed by atoms with Crippen LogP contribution < -0.4 is 0 Å². The highest BCUT2D eigenvalue weighted by Gasteiger charge is 2.62. The minimum Gasteiger partial charge on any atom is -0.481 e. The van der Waals surface area contributed by atoms with Crippen LogP contribution in [0.4, 0.5) is 9.59 Å². The Kier molecular flexibility index (Phi) is 8.05. The summed E-state index contributed by atoms with van der Waals surface area (Å²) in [5.74, 6) is -1.07. The average molecular weight is 514 g/mol. The Morgan fingerprint density at radius 1 is 1.05 bits per heavy atom. The highest BCUT2D eigenvalue weighted by atomic mass is 16.6. The molecule has 1 saturated carbocycles. The first kappa shape index (κ1) is 28.2. The van der Waals surface area contributed by atoms with Crippen molar-refractivity contribution in [3.63, 3.8) is 0 Å². The third-order valence-electron chi connectivity index (χ3n) is 6.33. The lowest BCUT2D eigenvalue weighted by Crippen LogP contribution is -2.44. The molecule has 0 spiro atoms. The van der Waals surface area contributed by atoms with Crippen LogP contribution in [-0.2, 0) is 26.1 Å². The first-order valence-electron chi connectivity index (χ1n) is 12.8. The molecule has 2 aromatic rings. The number of aryl methyl sites for hydroxylation is 1. The topological polar surface area (TPSA) is 111 Å². The van der Waals surface area contributed by atoms with Gasteiger partial charge >= 0.3 is 18.2 Å². The number of hydrogen-bond acceptors (Lipinski definition) is 6. The lowest BCUT2D eigenvalue weighted by atomic mass is 9.97. The van der Waals surface area contributed by atoms with Crippen LogP contribution in [0.1, 0.15) is 79.0 Å².